The van der Waals surface area contributed by atoms with E-state index < -0.39 is 29.1 Å². The molecule has 7 rings (SSSR count). The number of ether oxygens (including phenoxy) is 3. The van der Waals surface area contributed by atoms with Crippen LogP contribution in [-0.2, 0) is 22.4 Å². The van der Waals surface area contributed by atoms with E-state index in [1.807, 2.05) is 0 Å². The Bertz CT molecular complexity index is 2380. The van der Waals surface area contributed by atoms with Crippen LogP contribution in [0.2, 0.25) is 0 Å². The van der Waals surface area contributed by atoms with Crippen molar-refractivity contribution >= 4 is 27.9 Å². The minimum atomic E-state index is -1.21. The van der Waals surface area contributed by atoms with E-state index in [1.165, 1.54) is 32.2 Å². The van der Waals surface area contributed by atoms with Gasteiger partial charge in [-0.05, 0) is 65.6 Å². The Kier molecular flexibility index (Phi) is 6.93. The number of fused-ring (bicyclic) bond motifs is 5. The van der Waals surface area contributed by atoms with Gasteiger partial charge in [-0.15, -0.1) is 0 Å². The summed E-state index contributed by atoms with van der Waals surface area (Å²) in [5, 5.41) is 11.4. The van der Waals surface area contributed by atoms with Crippen LogP contribution in [0.4, 0.5) is 0 Å². The molecular formula is C35H24O11. The number of esters is 1. The Morgan fingerprint density at radius 3 is 2.39 bits per heavy atom. The monoisotopic (exact) mass is 620 g/mol. The molecular weight excluding hydrogens is 596 g/mol. The van der Waals surface area contributed by atoms with E-state index in [1.54, 1.807) is 54.6 Å². The van der Waals surface area contributed by atoms with Crippen LogP contribution in [0, 0.1) is 0 Å². The van der Waals surface area contributed by atoms with E-state index in [-0.39, 0.29) is 35.5 Å². The minimum absolute atomic E-state index is 0.00107. The Labute approximate surface area is 258 Å². The number of hydrogen-bond acceptors (Lipinski definition) is 11. The second kappa shape index (κ2) is 11.1. The number of methoxy groups -OCH3 is 1. The molecule has 0 spiro atoms. The van der Waals surface area contributed by atoms with Crippen molar-refractivity contribution in [3.05, 3.63) is 132 Å². The van der Waals surface area contributed by atoms with Crippen LogP contribution in [0.5, 0.6) is 17.2 Å². The molecule has 0 aliphatic carbocycles. The summed E-state index contributed by atoms with van der Waals surface area (Å²) in [6.45, 7) is 1.24. The molecule has 46 heavy (non-hydrogen) atoms. The van der Waals surface area contributed by atoms with Gasteiger partial charge in [0, 0.05) is 41.8 Å². The average molecular weight is 621 g/mol. The van der Waals surface area contributed by atoms with E-state index in [4.69, 9.17) is 27.5 Å². The van der Waals surface area contributed by atoms with E-state index in [2.05, 4.69) is 0 Å². The van der Waals surface area contributed by atoms with Crippen molar-refractivity contribution in [3.63, 3.8) is 0 Å². The van der Waals surface area contributed by atoms with E-state index in [0.717, 1.165) is 5.56 Å². The minimum Gasteiger partial charge on any atom is -0.504 e. The predicted molar refractivity (Wildman–Crippen MR) is 164 cm³/mol. The molecule has 1 aliphatic heterocycles. The third-order valence-electron chi connectivity index (χ3n) is 7.74. The van der Waals surface area contributed by atoms with Crippen LogP contribution >= 0.6 is 0 Å². The summed E-state index contributed by atoms with van der Waals surface area (Å²) < 4.78 is 33.3. The maximum Gasteiger partial charge on any atom is 0.339 e. The van der Waals surface area contributed by atoms with Gasteiger partial charge in [0.2, 0.25) is 0 Å². The maximum atomic E-state index is 13.5. The van der Waals surface area contributed by atoms with Crippen LogP contribution < -0.4 is 26.4 Å². The van der Waals surface area contributed by atoms with Crippen molar-refractivity contribution in [1.82, 2.24) is 0 Å². The van der Waals surface area contributed by atoms with Crippen molar-refractivity contribution in [1.29, 1.82) is 0 Å². The van der Waals surface area contributed by atoms with Crippen molar-refractivity contribution < 1.29 is 37.4 Å². The maximum absolute atomic E-state index is 13.5. The Hall–Kier alpha value is -6.10. The fourth-order valence-electron chi connectivity index (χ4n) is 5.71. The molecule has 11 heteroatoms. The van der Waals surface area contributed by atoms with Crippen LogP contribution in [0.25, 0.3) is 33.3 Å². The first-order valence-corrected chi connectivity index (χ1v) is 14.2. The van der Waals surface area contributed by atoms with E-state index in [0.29, 0.717) is 50.1 Å². The quantitative estimate of drug-likeness (QED) is 0.189. The van der Waals surface area contributed by atoms with Crippen LogP contribution in [0.3, 0.4) is 0 Å². The molecule has 1 atom stereocenters. The van der Waals surface area contributed by atoms with Crippen molar-refractivity contribution in [2.45, 2.75) is 26.1 Å². The molecule has 0 bridgehead atoms. The van der Waals surface area contributed by atoms with Crippen molar-refractivity contribution in [3.8, 4) is 28.6 Å². The number of phenolic OH excluding ortho intramolecular Hbond substituents is 1. The molecule has 11 nitrogen and oxygen atoms in total. The second-order valence-corrected chi connectivity index (χ2v) is 10.8. The van der Waals surface area contributed by atoms with Gasteiger partial charge in [0.25, 0.3) is 6.29 Å². The summed E-state index contributed by atoms with van der Waals surface area (Å²) >= 11 is 0. The molecule has 0 saturated carbocycles. The second-order valence-electron chi connectivity index (χ2n) is 10.8. The summed E-state index contributed by atoms with van der Waals surface area (Å²) in [5.41, 5.74) is 1.34. The summed E-state index contributed by atoms with van der Waals surface area (Å²) in [7, 11) is 1.51. The molecule has 4 heterocycles. The molecule has 1 N–H and O–H groups in total. The summed E-state index contributed by atoms with van der Waals surface area (Å²) in [4.78, 5) is 50.1. The third kappa shape index (κ3) is 5.17. The lowest BCUT2D eigenvalue weighted by molar-refractivity contribution is -0.162. The zero-order chi connectivity index (χ0) is 32.1. The third-order valence-corrected chi connectivity index (χ3v) is 7.74. The molecule has 1 unspecified atom stereocenters. The van der Waals surface area contributed by atoms with Gasteiger partial charge in [-0.2, -0.15) is 0 Å². The molecule has 1 aliphatic rings. The lowest BCUT2D eigenvalue weighted by Gasteiger charge is -2.27. The lowest BCUT2D eigenvalue weighted by atomic mass is 9.95. The van der Waals surface area contributed by atoms with Gasteiger partial charge < -0.3 is 32.6 Å². The summed E-state index contributed by atoms with van der Waals surface area (Å²) in [5.74, 6) is 0.240. The zero-order valence-electron chi connectivity index (χ0n) is 24.4. The number of aromatic hydroxyl groups is 1. The van der Waals surface area contributed by atoms with Crippen LogP contribution in [0.1, 0.15) is 41.0 Å². The van der Waals surface area contributed by atoms with Gasteiger partial charge in [0.15, 0.2) is 17.1 Å². The number of rotatable bonds is 6. The first-order valence-electron chi connectivity index (χ1n) is 14.2. The number of para-hydroxylation sites is 1. The molecule has 0 saturated heterocycles. The number of phenols is 1. The first-order chi connectivity index (χ1) is 22.2. The topological polar surface area (TPSA) is 156 Å². The fraction of sp³-hybridized carbons (Fsp3) is 0.143. The molecule has 0 fully saturated rings. The largest absolute Gasteiger partial charge is 0.504 e. The highest BCUT2D eigenvalue weighted by atomic mass is 16.7. The zero-order valence-corrected chi connectivity index (χ0v) is 24.4. The van der Waals surface area contributed by atoms with Crippen molar-refractivity contribution in [2.75, 3.05) is 7.11 Å². The smallest absolute Gasteiger partial charge is 0.339 e. The number of carbonyl (C=O) groups excluding carboxylic acids is 1. The molecule has 6 aromatic rings. The van der Waals surface area contributed by atoms with E-state index in [9.17, 15) is 24.3 Å². The normalized spacial score (nSPS) is 13.6. The Balaban J connectivity index is 1.32. The number of carbonyl (C=O) groups is 1. The van der Waals surface area contributed by atoms with Gasteiger partial charge in [0.05, 0.1) is 18.2 Å². The van der Waals surface area contributed by atoms with Crippen LogP contribution in [0.15, 0.2) is 100 Å². The Morgan fingerprint density at radius 1 is 0.826 bits per heavy atom. The SMILES string of the molecule is COc1ccc2oc(=O)cc(Cc3cc4c(oc3=O)-c3cc(Cc5cc(=O)oc6c(O)cccc56)ccc3OC4OC(C)=O)c2c1. The van der Waals surface area contributed by atoms with Crippen LogP contribution in [-0.4, -0.2) is 18.2 Å². The average Bonchev–Trinajstić information content (AvgIpc) is 3.02. The highest BCUT2D eigenvalue weighted by molar-refractivity contribution is 5.85. The van der Waals surface area contributed by atoms with Gasteiger partial charge in [0.1, 0.15) is 17.1 Å². The fourth-order valence-corrected chi connectivity index (χ4v) is 5.71. The number of benzene rings is 3. The van der Waals surface area contributed by atoms with Gasteiger partial charge in [-0.3, -0.25) is 4.79 Å². The standard InChI is InChI=1S/C35H24O11/c1-17(36)42-35-26-13-21(12-20-15-30(38)43-28-9-7-22(41-2)16-24(20)28)34(40)46-32(26)25-11-18(6-8-29(25)44-35)10-19-14-31(39)45-33-23(19)4-3-5-27(33)37/h3-9,11,13-16,35,37H,10,12H2,1-2H3. The van der Waals surface area contributed by atoms with Gasteiger partial charge in [-0.25, -0.2) is 14.4 Å². The molecule has 0 radical (unpaired) electrons. The molecule has 0 amide bonds. The highest BCUT2D eigenvalue weighted by Gasteiger charge is 2.32. The summed E-state index contributed by atoms with van der Waals surface area (Å²) in [6.07, 6.45) is -0.935. The van der Waals surface area contributed by atoms with Gasteiger partial charge in [-0.1, -0.05) is 18.2 Å². The Morgan fingerprint density at radius 2 is 1.61 bits per heavy atom. The number of hydrogen-bond donors (Lipinski definition) is 1. The van der Waals surface area contributed by atoms with Crippen molar-refractivity contribution in [2.24, 2.45) is 0 Å². The van der Waals surface area contributed by atoms with E-state index >= 15 is 0 Å². The van der Waals surface area contributed by atoms with Gasteiger partial charge >= 0.3 is 22.8 Å². The molecule has 230 valence electrons. The lowest BCUT2D eigenvalue weighted by Crippen LogP contribution is -2.22. The first kappa shape index (κ1) is 28.7. The predicted octanol–water partition coefficient (Wildman–Crippen LogP) is 5.37. The highest BCUT2D eigenvalue weighted by Crippen LogP contribution is 2.43. The summed E-state index contributed by atoms with van der Waals surface area (Å²) in [6, 6.07) is 19.2. The molecule has 3 aromatic carbocycles. The molecule has 3 aromatic heterocycles.